The molecule has 0 saturated heterocycles. The summed E-state index contributed by atoms with van der Waals surface area (Å²) in [5.74, 6) is 0. The number of hydrogen-bond donors (Lipinski definition) is 0. The van der Waals surface area contributed by atoms with E-state index in [1.807, 2.05) is 39.5 Å². The third-order valence-electron chi connectivity index (χ3n) is 17.4. The minimum Gasteiger partial charge on any atom is -0.309 e. The van der Waals surface area contributed by atoms with E-state index in [9.17, 15) is 86.8 Å². The lowest BCUT2D eigenvalue weighted by Crippen LogP contribution is -2.06. The van der Waals surface area contributed by atoms with Crippen molar-refractivity contribution in [2.75, 3.05) is 0 Å². The Balaban J connectivity index is 1.15. The van der Waals surface area contributed by atoms with Crippen LogP contribution in [0.1, 0.15) is 83.5 Å². The van der Waals surface area contributed by atoms with Crippen LogP contribution in [0.2, 0.25) is 0 Å². The van der Waals surface area contributed by atoms with Gasteiger partial charge in [-0.25, -0.2) is 0 Å². The Morgan fingerprint density at radius 1 is 0.240 bits per heavy atom. The molecular formula is C81H29F3N16. The van der Waals surface area contributed by atoms with E-state index < -0.39 is 11.7 Å². The molecule has 0 saturated carbocycles. The summed E-state index contributed by atoms with van der Waals surface area (Å²) in [6.07, 6.45) is -4.87. The van der Waals surface area contributed by atoms with Crippen molar-refractivity contribution in [3.05, 3.63) is 259 Å². The van der Waals surface area contributed by atoms with Crippen molar-refractivity contribution in [2.45, 2.75) is 6.18 Å². The number of rotatable bonds is 8. The van der Waals surface area contributed by atoms with Gasteiger partial charge in [0.2, 0.25) is 0 Å². The van der Waals surface area contributed by atoms with E-state index in [0.29, 0.717) is 77.2 Å². The van der Waals surface area contributed by atoms with Crippen LogP contribution in [0.3, 0.4) is 0 Å². The van der Waals surface area contributed by atoms with Gasteiger partial charge in [0.25, 0.3) is 0 Å². The number of aromatic nitrogens is 2. The van der Waals surface area contributed by atoms with Crippen LogP contribution in [0.15, 0.2) is 176 Å². The molecule has 0 amide bonds. The van der Waals surface area contributed by atoms with E-state index in [-0.39, 0.29) is 122 Å². The summed E-state index contributed by atoms with van der Waals surface area (Å²) in [5, 5.41) is 147. The number of fused-ring (bicyclic) bond motifs is 6. The van der Waals surface area contributed by atoms with E-state index in [2.05, 4.69) is 54.6 Å². The summed E-state index contributed by atoms with van der Waals surface area (Å²) < 4.78 is 47.5. The normalized spacial score (nSPS) is 10.6. The van der Waals surface area contributed by atoms with Gasteiger partial charge in [-0.15, -0.1) is 0 Å². The zero-order valence-corrected chi connectivity index (χ0v) is 51.0. The number of hydrogen-bond acceptors (Lipinski definition) is 14. The van der Waals surface area contributed by atoms with Crippen molar-refractivity contribution in [1.29, 1.82) is 73.7 Å². The molecule has 0 fully saturated rings. The van der Waals surface area contributed by atoms with Crippen LogP contribution in [-0.2, 0) is 6.18 Å². The van der Waals surface area contributed by atoms with Gasteiger partial charge in [-0.3, -0.25) is 0 Å². The fourth-order valence-corrected chi connectivity index (χ4v) is 13.2. The molecule has 0 unspecified atom stereocenters. The van der Waals surface area contributed by atoms with E-state index in [1.54, 1.807) is 109 Å². The molecule has 0 aliphatic rings. The van der Waals surface area contributed by atoms with Crippen LogP contribution in [0.25, 0.3) is 122 Å². The summed E-state index contributed by atoms with van der Waals surface area (Å²) in [7, 11) is 0. The van der Waals surface area contributed by atoms with Crippen LogP contribution in [0, 0.1) is 159 Å². The maximum Gasteiger partial charge on any atom is 0.416 e. The fourth-order valence-electron chi connectivity index (χ4n) is 13.2. The van der Waals surface area contributed by atoms with Crippen LogP contribution in [0.4, 0.5) is 13.2 Å². The molecule has 13 rings (SSSR count). The Bertz CT molecular complexity index is 6150. The highest BCUT2D eigenvalue weighted by molar-refractivity contribution is 6.14. The molecule has 0 aliphatic heterocycles. The standard InChI is InChI=1S/C81H29F3N16/c82-81(83,84)62-6-8-64(53(24-62)35-90)65-9-7-63(99-72-11-2-49(77-54(36-91)15-45(31-86)16-55(77)37-92)25-68(72)69-26-50(3-12-73(69)99)78-56(38-93)17-46(32-87)18-57(78)39-94)29-66(65)67-23-44(30-85)1-10-74(67)100-75-13-4-51(79-58(40-95)19-47(33-88)20-59(79)41-96)27-70(75)71-28-52(5-14-76(71)100)80-60(42-97)21-48(34-89)22-61(80)43-98/h1-29H. The summed E-state index contributed by atoms with van der Waals surface area (Å²) in [4.78, 5) is 0. The van der Waals surface area contributed by atoms with Gasteiger partial charge >= 0.3 is 6.18 Å². The Labute approximate surface area is 565 Å². The monoisotopic (exact) mass is 1280 g/mol. The second-order valence-corrected chi connectivity index (χ2v) is 22.7. The number of nitriles is 14. The van der Waals surface area contributed by atoms with Crippen LogP contribution in [0.5, 0.6) is 0 Å². The van der Waals surface area contributed by atoms with Gasteiger partial charge in [0.1, 0.15) is 0 Å². The Morgan fingerprint density at radius 3 is 0.870 bits per heavy atom. The van der Waals surface area contributed by atoms with Crippen LogP contribution in [-0.4, -0.2) is 9.13 Å². The number of halogens is 3. The first-order valence-electron chi connectivity index (χ1n) is 29.6. The van der Waals surface area contributed by atoms with E-state index in [1.165, 1.54) is 54.6 Å². The Hall–Kier alpha value is -16.3. The van der Waals surface area contributed by atoms with Gasteiger partial charge < -0.3 is 9.13 Å². The topological polar surface area (TPSA) is 343 Å². The van der Waals surface area contributed by atoms with Crippen LogP contribution < -0.4 is 0 Å². The van der Waals surface area contributed by atoms with Gasteiger partial charge in [0, 0.05) is 60.6 Å². The predicted molar refractivity (Wildman–Crippen MR) is 359 cm³/mol. The largest absolute Gasteiger partial charge is 0.416 e. The molecule has 0 aliphatic carbocycles. The second-order valence-electron chi connectivity index (χ2n) is 22.7. The molecule has 19 heteroatoms. The quantitative estimate of drug-likeness (QED) is 0.136. The van der Waals surface area contributed by atoms with Crippen molar-refractivity contribution in [3.8, 4) is 163 Å². The first kappa shape index (κ1) is 62.5. The average Bonchev–Trinajstić information content (AvgIpc) is 1.55. The van der Waals surface area contributed by atoms with Crippen LogP contribution >= 0.6 is 0 Å². The summed E-state index contributed by atoms with van der Waals surface area (Å²) in [5.41, 5.74) is 4.81. The van der Waals surface area contributed by atoms with Gasteiger partial charge in [0.05, 0.1) is 196 Å². The van der Waals surface area contributed by atoms with Gasteiger partial charge in [-0.1, -0.05) is 36.4 Å². The van der Waals surface area contributed by atoms with Crippen molar-refractivity contribution >= 4 is 43.6 Å². The molecule has 454 valence electrons. The van der Waals surface area contributed by atoms with Gasteiger partial charge in [-0.2, -0.15) is 86.8 Å². The smallest absolute Gasteiger partial charge is 0.309 e. The Morgan fingerprint density at radius 2 is 0.560 bits per heavy atom. The maximum atomic E-state index is 14.6. The minimum absolute atomic E-state index is 0.0142. The molecule has 0 spiro atoms. The average molecular weight is 1280 g/mol. The van der Waals surface area contributed by atoms with Crippen molar-refractivity contribution in [3.63, 3.8) is 0 Å². The summed E-state index contributed by atoms with van der Waals surface area (Å²) in [6, 6.07) is 73.2. The van der Waals surface area contributed by atoms with Gasteiger partial charge in [0.15, 0.2) is 0 Å². The first-order chi connectivity index (χ1) is 48.5. The number of benzene rings is 11. The third kappa shape index (κ3) is 10.2. The molecule has 2 aromatic heterocycles. The molecule has 0 atom stereocenters. The lowest BCUT2D eigenvalue weighted by atomic mass is 9.89. The SMILES string of the molecule is N#Cc1cc(C#N)c(-c2ccc3c(c2)c2cc(-c4c(C#N)cc(C#N)cc4C#N)ccc2n3-c2ccc(-c3ccc(C(F)(F)F)cc3C#N)c(-c3cc(C#N)ccc3-n3c4ccc(-c5c(C#N)cc(C#N)cc5C#N)cc4c4cc(-c5c(C#N)cc(C#N)cc5C#N)ccc43)c2)c(C#N)c1. The molecule has 16 nitrogen and oxygen atoms in total. The number of alkyl halides is 3. The fraction of sp³-hybridized carbons (Fsp3) is 0.0123. The summed E-state index contributed by atoms with van der Waals surface area (Å²) in [6.45, 7) is 0. The first-order valence-corrected chi connectivity index (χ1v) is 29.6. The molecule has 11 aromatic carbocycles. The van der Waals surface area contributed by atoms with Gasteiger partial charge in [-0.05, 0) is 173 Å². The predicted octanol–water partition coefficient (Wildman–Crippen LogP) is 17.1. The van der Waals surface area contributed by atoms with E-state index in [0.717, 1.165) is 12.1 Å². The number of nitrogens with zero attached hydrogens (tertiary/aromatic N) is 16. The lowest BCUT2D eigenvalue weighted by molar-refractivity contribution is -0.137. The minimum atomic E-state index is -4.87. The zero-order valence-electron chi connectivity index (χ0n) is 51.0. The molecule has 0 radical (unpaired) electrons. The van der Waals surface area contributed by atoms with Crippen molar-refractivity contribution in [2.24, 2.45) is 0 Å². The van der Waals surface area contributed by atoms with E-state index >= 15 is 0 Å². The molecular weight excluding hydrogens is 1250 g/mol. The highest BCUT2D eigenvalue weighted by Gasteiger charge is 2.32. The highest BCUT2D eigenvalue weighted by atomic mass is 19.4. The second kappa shape index (κ2) is 24.6. The Kier molecular flexibility index (Phi) is 15.4. The molecule has 0 N–H and O–H groups in total. The molecule has 2 heterocycles. The lowest BCUT2D eigenvalue weighted by Gasteiger charge is -2.20. The molecule has 0 bridgehead atoms. The third-order valence-corrected chi connectivity index (χ3v) is 17.4. The summed E-state index contributed by atoms with van der Waals surface area (Å²) >= 11 is 0. The maximum absolute atomic E-state index is 14.6. The molecule has 100 heavy (non-hydrogen) atoms. The molecule has 13 aromatic rings. The van der Waals surface area contributed by atoms with Crippen molar-refractivity contribution in [1.82, 2.24) is 9.13 Å². The zero-order chi connectivity index (χ0) is 70.4. The highest BCUT2D eigenvalue weighted by Crippen LogP contribution is 2.47. The van der Waals surface area contributed by atoms with E-state index in [4.69, 9.17) is 0 Å². The van der Waals surface area contributed by atoms with Crippen molar-refractivity contribution < 1.29 is 13.2 Å².